The van der Waals surface area contributed by atoms with Crippen LogP contribution in [0.1, 0.15) is 13.3 Å². The van der Waals surface area contributed by atoms with Crippen molar-refractivity contribution in [1.29, 1.82) is 0 Å². The standard InChI is InChI=1S/C10H18NO2S/c1-9(12)13-10-2-3-11(8-10)4-6-14-7-5-11/h10H,2-8H2,1H3/q+1. The monoisotopic (exact) mass is 216 g/mol. The van der Waals surface area contributed by atoms with Crippen molar-refractivity contribution in [2.75, 3.05) is 37.7 Å². The van der Waals surface area contributed by atoms with Crippen LogP contribution in [0.3, 0.4) is 0 Å². The minimum atomic E-state index is -0.124. The van der Waals surface area contributed by atoms with Crippen molar-refractivity contribution in [2.45, 2.75) is 19.4 Å². The van der Waals surface area contributed by atoms with Gasteiger partial charge in [-0.1, -0.05) is 0 Å². The number of carbonyl (C=O) groups is 1. The second-order valence-corrected chi connectivity index (χ2v) is 5.55. The number of nitrogens with zero attached hydrogens (tertiary/aromatic N) is 1. The lowest BCUT2D eigenvalue weighted by Gasteiger charge is -2.37. The van der Waals surface area contributed by atoms with Gasteiger partial charge in [-0.3, -0.25) is 4.79 Å². The van der Waals surface area contributed by atoms with Gasteiger partial charge in [-0.15, -0.1) is 0 Å². The molecule has 4 heteroatoms. The van der Waals surface area contributed by atoms with E-state index in [9.17, 15) is 4.79 Å². The summed E-state index contributed by atoms with van der Waals surface area (Å²) in [5.74, 6) is 2.42. The Morgan fingerprint density at radius 2 is 2.07 bits per heavy atom. The van der Waals surface area contributed by atoms with E-state index < -0.39 is 0 Å². The van der Waals surface area contributed by atoms with Crippen LogP contribution in [0.25, 0.3) is 0 Å². The summed E-state index contributed by atoms with van der Waals surface area (Å²) >= 11 is 2.05. The van der Waals surface area contributed by atoms with E-state index >= 15 is 0 Å². The molecule has 0 amide bonds. The van der Waals surface area contributed by atoms with E-state index in [1.807, 2.05) is 11.8 Å². The highest BCUT2D eigenvalue weighted by Crippen LogP contribution is 2.26. The summed E-state index contributed by atoms with van der Waals surface area (Å²) in [7, 11) is 0. The Labute approximate surface area is 89.4 Å². The van der Waals surface area contributed by atoms with Gasteiger partial charge < -0.3 is 9.22 Å². The van der Waals surface area contributed by atoms with Crippen LogP contribution in [-0.4, -0.2) is 54.2 Å². The summed E-state index contributed by atoms with van der Waals surface area (Å²) in [6.07, 6.45) is 1.25. The van der Waals surface area contributed by atoms with Crippen LogP contribution < -0.4 is 0 Å². The molecule has 1 spiro atoms. The maximum Gasteiger partial charge on any atom is 0.303 e. The summed E-state index contributed by atoms with van der Waals surface area (Å²) in [5.41, 5.74) is 0. The molecule has 3 nitrogen and oxygen atoms in total. The van der Waals surface area contributed by atoms with E-state index in [0.29, 0.717) is 0 Å². The lowest BCUT2D eigenvalue weighted by atomic mass is 10.3. The van der Waals surface area contributed by atoms with Gasteiger partial charge in [0, 0.05) is 24.9 Å². The number of esters is 1. The van der Waals surface area contributed by atoms with Gasteiger partial charge in [0.1, 0.15) is 6.54 Å². The molecule has 0 N–H and O–H groups in total. The molecule has 80 valence electrons. The van der Waals surface area contributed by atoms with Crippen LogP contribution in [0, 0.1) is 0 Å². The number of hydrogen-bond acceptors (Lipinski definition) is 3. The first-order valence-electron chi connectivity index (χ1n) is 5.30. The largest absolute Gasteiger partial charge is 0.456 e. The van der Waals surface area contributed by atoms with Crippen molar-refractivity contribution in [3.63, 3.8) is 0 Å². The van der Waals surface area contributed by atoms with Crippen LogP contribution in [0.2, 0.25) is 0 Å². The van der Waals surface area contributed by atoms with Gasteiger partial charge in [-0.05, 0) is 0 Å². The topological polar surface area (TPSA) is 26.3 Å². The molecule has 1 unspecified atom stereocenters. The smallest absolute Gasteiger partial charge is 0.303 e. The van der Waals surface area contributed by atoms with Crippen molar-refractivity contribution in [3.05, 3.63) is 0 Å². The molecule has 2 aliphatic rings. The summed E-state index contributed by atoms with van der Waals surface area (Å²) in [5, 5.41) is 0. The second-order valence-electron chi connectivity index (χ2n) is 4.33. The SMILES string of the molecule is CC(=O)OC1CC[N+]2(CCSCC2)C1. The zero-order chi connectivity index (χ0) is 10.0. The van der Waals surface area contributed by atoms with Crippen LogP contribution in [0.5, 0.6) is 0 Å². The number of ether oxygens (including phenoxy) is 1. The molecule has 0 radical (unpaired) electrons. The third kappa shape index (κ3) is 2.23. The lowest BCUT2D eigenvalue weighted by molar-refractivity contribution is -0.914. The van der Waals surface area contributed by atoms with Crippen molar-refractivity contribution in [3.8, 4) is 0 Å². The fraction of sp³-hybridized carbons (Fsp3) is 0.900. The fourth-order valence-corrected chi connectivity index (χ4v) is 3.74. The normalized spacial score (nSPS) is 30.5. The van der Waals surface area contributed by atoms with E-state index in [-0.39, 0.29) is 12.1 Å². The summed E-state index contributed by atoms with van der Waals surface area (Å²) in [4.78, 5) is 10.8. The van der Waals surface area contributed by atoms with Crippen LogP contribution in [0.15, 0.2) is 0 Å². The molecule has 0 aromatic rings. The molecule has 0 aromatic carbocycles. The summed E-state index contributed by atoms with van der Waals surface area (Å²) in [6, 6.07) is 0. The first kappa shape index (κ1) is 10.3. The molecule has 2 heterocycles. The second kappa shape index (κ2) is 4.11. The minimum Gasteiger partial charge on any atom is -0.456 e. The van der Waals surface area contributed by atoms with Crippen molar-refractivity contribution in [1.82, 2.24) is 0 Å². The van der Waals surface area contributed by atoms with Gasteiger partial charge in [-0.25, -0.2) is 0 Å². The van der Waals surface area contributed by atoms with Gasteiger partial charge in [0.15, 0.2) is 6.10 Å². The molecule has 2 aliphatic heterocycles. The van der Waals surface area contributed by atoms with Crippen molar-refractivity contribution >= 4 is 17.7 Å². The Bertz CT molecular complexity index is 226. The molecule has 14 heavy (non-hydrogen) atoms. The molecular formula is C10H18NO2S+. The minimum absolute atomic E-state index is 0.124. The highest BCUT2D eigenvalue weighted by atomic mass is 32.2. The number of thioether (sulfide) groups is 1. The van der Waals surface area contributed by atoms with Crippen LogP contribution >= 0.6 is 11.8 Å². The number of rotatable bonds is 1. The number of quaternary nitrogens is 1. The summed E-state index contributed by atoms with van der Waals surface area (Å²) < 4.78 is 6.48. The molecule has 0 aromatic heterocycles. The molecule has 0 aliphatic carbocycles. The predicted molar refractivity (Wildman–Crippen MR) is 57.2 cm³/mol. The maximum atomic E-state index is 10.8. The predicted octanol–water partition coefficient (Wildman–Crippen LogP) is 0.885. The molecule has 2 fully saturated rings. The third-order valence-corrected chi connectivity index (χ3v) is 4.21. The van der Waals surface area contributed by atoms with Crippen LogP contribution in [0.4, 0.5) is 0 Å². The van der Waals surface area contributed by atoms with Gasteiger partial charge in [0.25, 0.3) is 0 Å². The van der Waals surface area contributed by atoms with E-state index in [1.54, 1.807) is 0 Å². The molecule has 1 atom stereocenters. The van der Waals surface area contributed by atoms with Gasteiger partial charge >= 0.3 is 5.97 Å². The third-order valence-electron chi connectivity index (χ3n) is 3.27. The zero-order valence-corrected chi connectivity index (χ0v) is 9.52. The van der Waals surface area contributed by atoms with E-state index in [0.717, 1.165) is 13.0 Å². The van der Waals surface area contributed by atoms with Gasteiger partial charge in [-0.2, -0.15) is 11.8 Å². The lowest BCUT2D eigenvalue weighted by Crippen LogP contribution is -2.52. The Kier molecular flexibility index (Phi) is 3.02. The molecule has 2 rings (SSSR count). The Morgan fingerprint density at radius 1 is 1.36 bits per heavy atom. The Morgan fingerprint density at radius 3 is 2.71 bits per heavy atom. The number of carbonyl (C=O) groups excluding carboxylic acids is 1. The first-order chi connectivity index (χ1) is 6.70. The molecule has 0 saturated carbocycles. The molecule has 2 saturated heterocycles. The average molecular weight is 216 g/mol. The average Bonchev–Trinajstić information content (AvgIpc) is 2.49. The number of hydrogen-bond donors (Lipinski definition) is 0. The van der Waals surface area contributed by atoms with E-state index in [4.69, 9.17) is 4.74 Å². The van der Waals surface area contributed by atoms with Gasteiger partial charge in [0.2, 0.25) is 0 Å². The van der Waals surface area contributed by atoms with Gasteiger partial charge in [0.05, 0.1) is 19.6 Å². The Balaban J connectivity index is 1.89. The fourth-order valence-electron chi connectivity index (χ4n) is 2.50. The highest BCUT2D eigenvalue weighted by Gasteiger charge is 2.40. The van der Waals surface area contributed by atoms with E-state index in [2.05, 4.69) is 0 Å². The van der Waals surface area contributed by atoms with Crippen molar-refractivity contribution < 1.29 is 14.0 Å². The summed E-state index contributed by atoms with van der Waals surface area (Å²) in [6.45, 7) is 6.30. The quantitative estimate of drug-likeness (QED) is 0.481. The molecule has 0 bridgehead atoms. The Hall–Kier alpha value is -0.220. The van der Waals surface area contributed by atoms with Crippen LogP contribution in [-0.2, 0) is 9.53 Å². The van der Waals surface area contributed by atoms with E-state index in [1.165, 1.54) is 42.5 Å². The first-order valence-corrected chi connectivity index (χ1v) is 6.46. The van der Waals surface area contributed by atoms with Crippen molar-refractivity contribution in [2.24, 2.45) is 0 Å². The molecular weight excluding hydrogens is 198 g/mol. The zero-order valence-electron chi connectivity index (χ0n) is 8.70. The highest BCUT2D eigenvalue weighted by molar-refractivity contribution is 7.99. The maximum absolute atomic E-state index is 10.8.